The van der Waals surface area contributed by atoms with E-state index in [4.69, 9.17) is 0 Å². The lowest BCUT2D eigenvalue weighted by Crippen LogP contribution is -2.01. The molecule has 0 radical (unpaired) electrons. The van der Waals surface area contributed by atoms with Gasteiger partial charge < -0.3 is 5.32 Å². The molecule has 0 unspecified atom stereocenters. The van der Waals surface area contributed by atoms with Crippen molar-refractivity contribution in [3.63, 3.8) is 0 Å². The van der Waals surface area contributed by atoms with Crippen LogP contribution in [0.5, 0.6) is 0 Å². The third-order valence-electron chi connectivity index (χ3n) is 1.66. The van der Waals surface area contributed by atoms with Gasteiger partial charge in [0.2, 0.25) is 0 Å². The zero-order valence-corrected chi connectivity index (χ0v) is 10.6. The Bertz CT molecular complexity index is 321. The van der Waals surface area contributed by atoms with Crippen LogP contribution in [0.3, 0.4) is 0 Å². The Morgan fingerprint density at radius 1 is 1.54 bits per heavy atom. The summed E-state index contributed by atoms with van der Waals surface area (Å²) in [5.74, 6) is 0. The third kappa shape index (κ3) is 3.53. The molecule has 1 aromatic rings. The smallest absolute Gasteiger partial charge is 0.0460 e. The normalized spacial score (nSPS) is 9.77. The maximum atomic E-state index is 3.76. The van der Waals surface area contributed by atoms with Crippen molar-refractivity contribution in [1.82, 2.24) is 0 Å². The number of halogens is 2. The number of hydrogen-bond donors (Lipinski definition) is 1. The molecule has 0 heterocycles. The van der Waals surface area contributed by atoms with Crippen molar-refractivity contribution in [3.05, 3.63) is 39.3 Å². The first kappa shape index (κ1) is 10.8. The Kier molecular flexibility index (Phi) is 4.00. The summed E-state index contributed by atoms with van der Waals surface area (Å²) in [5.41, 5.74) is 2.37. The summed E-state index contributed by atoms with van der Waals surface area (Å²) >= 11 is 6.73. The summed E-state index contributed by atoms with van der Waals surface area (Å²) < 4.78 is 2.06. The van der Waals surface area contributed by atoms with E-state index in [-0.39, 0.29) is 0 Å². The van der Waals surface area contributed by atoms with E-state index >= 15 is 0 Å². The lowest BCUT2D eigenvalue weighted by Gasteiger charge is -2.08. The predicted molar refractivity (Wildman–Crippen MR) is 65.4 cm³/mol. The molecule has 0 amide bonds. The van der Waals surface area contributed by atoms with Gasteiger partial charge in [-0.2, -0.15) is 0 Å². The minimum atomic E-state index is 0.752. The monoisotopic (exact) mass is 303 g/mol. The van der Waals surface area contributed by atoms with Crippen LogP contribution in [-0.2, 0) is 0 Å². The molecule has 0 aromatic heterocycles. The van der Waals surface area contributed by atoms with Crippen LogP contribution in [-0.4, -0.2) is 6.54 Å². The van der Waals surface area contributed by atoms with Gasteiger partial charge in [0.05, 0.1) is 0 Å². The molecule has 0 saturated carbocycles. The topological polar surface area (TPSA) is 12.0 Å². The second-order valence-corrected chi connectivity index (χ2v) is 4.87. The molecule has 0 aliphatic carbocycles. The molecule has 1 aromatic carbocycles. The highest BCUT2D eigenvalue weighted by Gasteiger charge is 1.97. The zero-order chi connectivity index (χ0) is 9.84. The molecule has 1 rings (SSSR count). The minimum Gasteiger partial charge on any atom is -0.380 e. The molecule has 0 fully saturated rings. The van der Waals surface area contributed by atoms with Gasteiger partial charge in [0.1, 0.15) is 0 Å². The van der Waals surface area contributed by atoms with E-state index in [9.17, 15) is 0 Å². The zero-order valence-electron chi connectivity index (χ0n) is 7.40. The molecular weight excluding hydrogens is 294 g/mol. The van der Waals surface area contributed by atoms with Crippen molar-refractivity contribution in [1.29, 1.82) is 0 Å². The van der Waals surface area contributed by atoms with Crippen molar-refractivity contribution in [2.24, 2.45) is 0 Å². The van der Waals surface area contributed by atoms with Crippen molar-refractivity contribution >= 4 is 37.5 Å². The highest BCUT2D eigenvalue weighted by molar-refractivity contribution is 9.11. The maximum absolute atomic E-state index is 3.76. The summed E-state index contributed by atoms with van der Waals surface area (Å²) in [6, 6.07) is 6.15. The molecule has 0 aliphatic heterocycles. The summed E-state index contributed by atoms with van der Waals surface area (Å²) in [6.45, 7) is 6.59. The van der Waals surface area contributed by atoms with E-state index in [1.54, 1.807) is 0 Å². The van der Waals surface area contributed by atoms with E-state index in [1.807, 2.05) is 6.07 Å². The van der Waals surface area contributed by atoms with Crippen LogP contribution in [0.1, 0.15) is 5.56 Å². The van der Waals surface area contributed by atoms with Crippen molar-refractivity contribution < 1.29 is 0 Å². The van der Waals surface area contributed by atoms with Crippen LogP contribution in [0.15, 0.2) is 33.7 Å². The second kappa shape index (κ2) is 4.82. The first-order valence-electron chi connectivity index (χ1n) is 3.93. The first-order valence-corrected chi connectivity index (χ1v) is 5.51. The molecular formula is C10H11Br2N. The summed E-state index contributed by atoms with van der Waals surface area (Å²) in [6.07, 6.45) is 0. The fraction of sp³-hybridized carbons (Fsp3) is 0.200. The van der Waals surface area contributed by atoms with Gasteiger partial charge in [-0.25, -0.2) is 0 Å². The molecule has 1 nitrogen and oxygen atoms in total. The number of benzene rings is 1. The van der Waals surface area contributed by atoms with Crippen LogP contribution < -0.4 is 5.32 Å². The van der Waals surface area contributed by atoms with E-state index in [1.165, 1.54) is 5.56 Å². The molecule has 0 atom stereocenters. The fourth-order valence-corrected chi connectivity index (χ4v) is 1.63. The second-order valence-electron chi connectivity index (χ2n) is 2.83. The third-order valence-corrected chi connectivity index (χ3v) is 2.43. The van der Waals surface area contributed by atoms with E-state index < -0.39 is 0 Å². The number of aryl methyl sites for hydroxylation is 1. The average Bonchev–Trinajstić information content (AvgIpc) is 2.02. The van der Waals surface area contributed by atoms with Gasteiger partial charge in [-0.05, 0) is 30.7 Å². The Hall–Kier alpha value is -0.280. The molecule has 1 N–H and O–H groups in total. The summed E-state index contributed by atoms with van der Waals surface area (Å²) in [4.78, 5) is 0. The predicted octanol–water partition coefficient (Wildman–Crippen LogP) is 4.08. The van der Waals surface area contributed by atoms with E-state index in [0.29, 0.717) is 0 Å². The fourth-order valence-electron chi connectivity index (χ4n) is 1.02. The van der Waals surface area contributed by atoms with Gasteiger partial charge in [0, 0.05) is 21.2 Å². The van der Waals surface area contributed by atoms with Crippen molar-refractivity contribution in [2.75, 3.05) is 11.9 Å². The summed E-state index contributed by atoms with van der Waals surface area (Å²) in [7, 11) is 0. The van der Waals surface area contributed by atoms with Gasteiger partial charge in [0.25, 0.3) is 0 Å². The molecule has 13 heavy (non-hydrogen) atoms. The quantitative estimate of drug-likeness (QED) is 0.887. The van der Waals surface area contributed by atoms with Crippen LogP contribution >= 0.6 is 31.9 Å². The molecule has 0 bridgehead atoms. The Morgan fingerprint density at radius 2 is 2.23 bits per heavy atom. The first-order chi connectivity index (χ1) is 6.09. The molecule has 0 saturated heterocycles. The van der Waals surface area contributed by atoms with Crippen LogP contribution in [0.4, 0.5) is 5.69 Å². The molecule has 3 heteroatoms. The van der Waals surface area contributed by atoms with Gasteiger partial charge in [0.15, 0.2) is 0 Å². The number of hydrogen-bond acceptors (Lipinski definition) is 1. The highest BCUT2D eigenvalue weighted by Crippen LogP contribution is 2.20. The number of nitrogens with one attached hydrogen (secondary N) is 1. The number of anilines is 1. The highest BCUT2D eigenvalue weighted by atomic mass is 79.9. The molecule has 0 spiro atoms. The number of rotatable bonds is 3. The Balaban J connectivity index is 2.72. The average molecular weight is 305 g/mol. The minimum absolute atomic E-state index is 0.752. The summed E-state index contributed by atoms with van der Waals surface area (Å²) in [5, 5.41) is 3.27. The van der Waals surface area contributed by atoms with Crippen LogP contribution in [0.25, 0.3) is 0 Å². The van der Waals surface area contributed by atoms with Crippen LogP contribution in [0, 0.1) is 6.92 Å². The van der Waals surface area contributed by atoms with Gasteiger partial charge in [-0.1, -0.05) is 38.4 Å². The SMILES string of the molecule is C=C(Br)CNc1ccc(Br)cc1C. The Morgan fingerprint density at radius 3 is 2.77 bits per heavy atom. The maximum Gasteiger partial charge on any atom is 0.0460 e. The largest absolute Gasteiger partial charge is 0.380 e. The lowest BCUT2D eigenvalue weighted by molar-refractivity contribution is 1.29. The van der Waals surface area contributed by atoms with Gasteiger partial charge in [-0.3, -0.25) is 0 Å². The molecule has 0 aliphatic rings. The lowest BCUT2D eigenvalue weighted by atomic mass is 10.2. The van der Waals surface area contributed by atoms with Crippen LogP contribution in [0.2, 0.25) is 0 Å². The van der Waals surface area contributed by atoms with Gasteiger partial charge in [-0.15, -0.1) is 0 Å². The van der Waals surface area contributed by atoms with E-state index in [2.05, 4.69) is 62.8 Å². The van der Waals surface area contributed by atoms with Crippen molar-refractivity contribution in [3.8, 4) is 0 Å². The van der Waals surface area contributed by atoms with Crippen molar-refractivity contribution in [2.45, 2.75) is 6.92 Å². The molecule has 70 valence electrons. The van der Waals surface area contributed by atoms with Gasteiger partial charge >= 0.3 is 0 Å². The standard InChI is InChI=1S/C10H11Br2N/c1-7-5-9(12)3-4-10(7)13-6-8(2)11/h3-5,13H,2,6H2,1H3. The Labute approximate surface area is 95.5 Å². The van der Waals surface area contributed by atoms with E-state index in [0.717, 1.165) is 21.2 Å².